The van der Waals surface area contributed by atoms with Crippen molar-refractivity contribution in [2.24, 2.45) is 10.8 Å². The molecule has 3 aliphatic rings. The first-order valence-corrected chi connectivity index (χ1v) is 6.37. The van der Waals surface area contributed by atoms with Crippen LogP contribution in [0.3, 0.4) is 0 Å². The topological polar surface area (TPSA) is 26.3 Å². The van der Waals surface area contributed by atoms with Crippen LogP contribution in [-0.2, 0) is 9.53 Å². The van der Waals surface area contributed by atoms with Gasteiger partial charge in [-0.25, -0.2) is 4.39 Å². The van der Waals surface area contributed by atoms with E-state index in [0.29, 0.717) is 29.8 Å². The third-order valence-electron chi connectivity index (χ3n) is 4.37. The number of carbonyl (C=O) groups excluding carboxylic acids is 1. The lowest BCUT2D eigenvalue weighted by Gasteiger charge is -2.69. The van der Waals surface area contributed by atoms with Crippen molar-refractivity contribution >= 4 is 17.6 Å². The van der Waals surface area contributed by atoms with Crippen LogP contribution in [0.25, 0.3) is 0 Å². The maximum absolute atomic E-state index is 14.5. The van der Waals surface area contributed by atoms with E-state index in [4.69, 9.17) is 16.3 Å². The second kappa shape index (κ2) is 3.70. The second-order valence-corrected chi connectivity index (χ2v) is 6.02. The van der Waals surface area contributed by atoms with Crippen LogP contribution in [0.1, 0.15) is 31.0 Å². The third-order valence-corrected chi connectivity index (χ3v) is 4.60. The number of rotatable bonds is 3. The maximum Gasteiger partial charge on any atom is 0.311 e. The molecule has 3 aliphatic carbocycles. The van der Waals surface area contributed by atoms with Crippen LogP contribution in [0, 0.1) is 10.8 Å². The number of halogens is 2. The van der Waals surface area contributed by atoms with E-state index in [0.717, 1.165) is 0 Å². The molecule has 3 fully saturated rings. The molecular weight excluding hydrogens is 255 g/mol. The summed E-state index contributed by atoms with van der Waals surface area (Å²) in [6.45, 7) is 0. The summed E-state index contributed by atoms with van der Waals surface area (Å²) < 4.78 is 19.3. The van der Waals surface area contributed by atoms with E-state index in [9.17, 15) is 9.18 Å². The Labute approximate surface area is 110 Å². The fourth-order valence-corrected chi connectivity index (χ4v) is 3.78. The van der Waals surface area contributed by atoms with Gasteiger partial charge in [0, 0.05) is 10.4 Å². The van der Waals surface area contributed by atoms with Gasteiger partial charge in [0.05, 0.1) is 12.5 Å². The summed E-state index contributed by atoms with van der Waals surface area (Å²) >= 11 is 5.87. The average Bonchev–Trinajstić information content (AvgIpc) is 2.25. The highest BCUT2D eigenvalue weighted by molar-refractivity contribution is 6.30. The van der Waals surface area contributed by atoms with Crippen LogP contribution >= 0.6 is 11.6 Å². The fourth-order valence-electron chi connectivity index (χ4n) is 3.59. The van der Waals surface area contributed by atoms with Crippen LogP contribution in [0.4, 0.5) is 4.39 Å². The first-order chi connectivity index (χ1) is 8.51. The first kappa shape index (κ1) is 12.0. The molecule has 3 saturated carbocycles. The summed E-state index contributed by atoms with van der Waals surface area (Å²) in [5.41, 5.74) is -0.142. The Hall–Kier alpha value is -1.09. The smallest absolute Gasteiger partial charge is 0.311 e. The van der Waals surface area contributed by atoms with Crippen LogP contribution in [0.2, 0.25) is 5.02 Å². The highest BCUT2D eigenvalue weighted by atomic mass is 35.5. The number of hydrogen-bond acceptors (Lipinski definition) is 2. The molecule has 2 bridgehead atoms. The third kappa shape index (κ3) is 1.43. The summed E-state index contributed by atoms with van der Waals surface area (Å²) in [4.78, 5) is 11.5. The number of methoxy groups -OCH3 is 1. The van der Waals surface area contributed by atoms with Crippen molar-refractivity contribution in [3.05, 3.63) is 34.9 Å². The number of carbonyl (C=O) groups is 1. The van der Waals surface area contributed by atoms with E-state index < -0.39 is 11.6 Å². The molecule has 1 aromatic rings. The van der Waals surface area contributed by atoms with E-state index in [2.05, 4.69) is 0 Å². The average molecular weight is 269 g/mol. The predicted octanol–water partition coefficient (Wildman–Crippen LogP) is 3.69. The van der Waals surface area contributed by atoms with Crippen LogP contribution in [0.5, 0.6) is 0 Å². The quantitative estimate of drug-likeness (QED) is 0.782. The molecule has 0 heterocycles. The molecule has 4 rings (SSSR count). The normalized spacial score (nSPS) is 34.2. The van der Waals surface area contributed by atoms with Gasteiger partial charge in [-0.05, 0) is 37.0 Å². The Kier molecular flexibility index (Phi) is 2.46. The number of esters is 1. The molecule has 1 aromatic carbocycles. The van der Waals surface area contributed by atoms with E-state index in [-0.39, 0.29) is 11.4 Å². The minimum Gasteiger partial charge on any atom is -0.469 e. The van der Waals surface area contributed by atoms with Crippen molar-refractivity contribution in [3.8, 4) is 0 Å². The van der Waals surface area contributed by atoms with E-state index in [1.165, 1.54) is 7.11 Å². The van der Waals surface area contributed by atoms with Gasteiger partial charge in [-0.15, -0.1) is 0 Å². The lowest BCUT2D eigenvalue weighted by Crippen LogP contribution is -2.67. The largest absolute Gasteiger partial charge is 0.469 e. The SMILES string of the molecule is COC(=O)C12CC(C(F)c3cccc(Cl)c3)(C1)C2. The number of benzene rings is 1. The molecule has 96 valence electrons. The van der Waals surface area contributed by atoms with E-state index in [1.54, 1.807) is 24.3 Å². The van der Waals surface area contributed by atoms with Crippen molar-refractivity contribution < 1.29 is 13.9 Å². The molecule has 2 nitrogen and oxygen atoms in total. The number of alkyl halides is 1. The maximum atomic E-state index is 14.5. The summed E-state index contributed by atoms with van der Waals surface area (Å²) in [5, 5.41) is 0.546. The van der Waals surface area contributed by atoms with Crippen molar-refractivity contribution in [2.45, 2.75) is 25.4 Å². The van der Waals surface area contributed by atoms with Gasteiger partial charge in [0.15, 0.2) is 0 Å². The van der Waals surface area contributed by atoms with Gasteiger partial charge in [-0.2, -0.15) is 0 Å². The van der Waals surface area contributed by atoms with Gasteiger partial charge in [0.2, 0.25) is 0 Å². The molecule has 0 saturated heterocycles. The summed E-state index contributed by atoms with van der Waals surface area (Å²) in [6.07, 6.45) is 0.754. The second-order valence-electron chi connectivity index (χ2n) is 5.58. The molecule has 0 aromatic heterocycles. The van der Waals surface area contributed by atoms with Crippen LogP contribution in [0.15, 0.2) is 24.3 Å². The Morgan fingerprint density at radius 3 is 2.67 bits per heavy atom. The number of hydrogen-bond donors (Lipinski definition) is 0. The minimum atomic E-state index is -1.04. The molecule has 0 aliphatic heterocycles. The molecule has 4 heteroatoms. The van der Waals surface area contributed by atoms with E-state index >= 15 is 0 Å². The minimum absolute atomic E-state index is 0.192. The van der Waals surface area contributed by atoms with Gasteiger partial charge in [0.1, 0.15) is 6.17 Å². The Balaban J connectivity index is 1.75. The van der Waals surface area contributed by atoms with Crippen molar-refractivity contribution in [1.82, 2.24) is 0 Å². The van der Waals surface area contributed by atoms with Crippen LogP contribution in [-0.4, -0.2) is 13.1 Å². The molecule has 0 spiro atoms. The highest BCUT2D eigenvalue weighted by Crippen LogP contribution is 2.78. The van der Waals surface area contributed by atoms with Gasteiger partial charge in [-0.3, -0.25) is 4.79 Å². The first-order valence-electron chi connectivity index (χ1n) is 5.99. The summed E-state index contributed by atoms with van der Waals surface area (Å²) in [6, 6.07) is 6.90. The summed E-state index contributed by atoms with van der Waals surface area (Å²) in [5.74, 6) is -0.192. The summed E-state index contributed by atoms with van der Waals surface area (Å²) in [7, 11) is 1.39. The Morgan fingerprint density at radius 2 is 2.11 bits per heavy atom. The lowest BCUT2D eigenvalue weighted by atomic mass is 9.33. The zero-order chi connectivity index (χ0) is 13.0. The van der Waals surface area contributed by atoms with Crippen molar-refractivity contribution in [1.29, 1.82) is 0 Å². The van der Waals surface area contributed by atoms with Gasteiger partial charge < -0.3 is 4.74 Å². The van der Waals surface area contributed by atoms with E-state index in [1.807, 2.05) is 0 Å². The number of ether oxygens (including phenoxy) is 1. The predicted molar refractivity (Wildman–Crippen MR) is 66.0 cm³/mol. The molecule has 1 unspecified atom stereocenters. The molecular formula is C14H14ClFO2. The molecule has 18 heavy (non-hydrogen) atoms. The zero-order valence-corrected chi connectivity index (χ0v) is 10.8. The fraction of sp³-hybridized carbons (Fsp3) is 0.500. The molecule has 0 amide bonds. The van der Waals surface area contributed by atoms with Gasteiger partial charge >= 0.3 is 5.97 Å². The monoisotopic (exact) mass is 268 g/mol. The zero-order valence-electron chi connectivity index (χ0n) is 10.1. The molecule has 0 N–H and O–H groups in total. The molecule has 1 atom stereocenters. The highest BCUT2D eigenvalue weighted by Gasteiger charge is 2.75. The Morgan fingerprint density at radius 1 is 1.44 bits per heavy atom. The Bertz CT molecular complexity index is 494. The van der Waals surface area contributed by atoms with Crippen molar-refractivity contribution in [2.75, 3.05) is 7.11 Å². The standard InChI is InChI=1S/C14H14ClFO2/c1-18-12(17)14-6-13(7-14,8-14)11(16)9-3-2-4-10(15)5-9/h2-5,11H,6-8H2,1H3. The van der Waals surface area contributed by atoms with Gasteiger partial charge in [0.25, 0.3) is 0 Å². The van der Waals surface area contributed by atoms with Gasteiger partial charge in [-0.1, -0.05) is 23.7 Å². The van der Waals surface area contributed by atoms with Crippen LogP contribution < -0.4 is 0 Å². The molecule has 0 radical (unpaired) electrons. The lowest BCUT2D eigenvalue weighted by molar-refractivity contribution is -0.248. The van der Waals surface area contributed by atoms with Crippen molar-refractivity contribution in [3.63, 3.8) is 0 Å².